The van der Waals surface area contributed by atoms with Gasteiger partial charge in [0.2, 0.25) is 0 Å². The Labute approximate surface area is 118 Å². The zero-order valence-corrected chi connectivity index (χ0v) is 12.4. The zero-order valence-electron chi connectivity index (χ0n) is 12.4. The predicted molar refractivity (Wildman–Crippen MR) is 85.5 cm³/mol. The summed E-state index contributed by atoms with van der Waals surface area (Å²) < 4.78 is 0. The van der Waals surface area contributed by atoms with E-state index in [9.17, 15) is 4.79 Å². The first-order valence-electron chi connectivity index (χ1n) is 6.94. The van der Waals surface area contributed by atoms with Gasteiger partial charge in [0, 0.05) is 16.3 Å². The average Bonchev–Trinajstić information content (AvgIpc) is 2.39. The van der Waals surface area contributed by atoms with Gasteiger partial charge in [0.25, 0.3) is 0 Å². The summed E-state index contributed by atoms with van der Waals surface area (Å²) in [4.78, 5) is 16.1. The van der Waals surface area contributed by atoms with Crippen molar-refractivity contribution in [2.45, 2.75) is 33.1 Å². The van der Waals surface area contributed by atoms with E-state index in [2.05, 4.69) is 31.8 Å². The molecule has 20 heavy (non-hydrogen) atoms. The lowest BCUT2D eigenvalue weighted by Gasteiger charge is -2.19. The number of fused-ring (bicyclic) bond motifs is 2. The minimum atomic E-state index is 0.0438. The van der Waals surface area contributed by atoms with Gasteiger partial charge in [-0.25, -0.2) is 0 Å². The monoisotopic (exact) mass is 265 g/mol. The highest BCUT2D eigenvalue weighted by Crippen LogP contribution is 2.25. The van der Waals surface area contributed by atoms with Gasteiger partial charge in [-0.2, -0.15) is 0 Å². The summed E-state index contributed by atoms with van der Waals surface area (Å²) >= 11 is 0. The SMILES string of the molecule is Cc1cccc2c(=O)c3cc(C(C)(C)C)ccc3[nH]c12. The number of para-hydroxylation sites is 1. The van der Waals surface area contributed by atoms with E-state index in [0.717, 1.165) is 27.4 Å². The standard InChI is InChI=1S/C18H19NO/c1-11-6-5-7-13-16(11)19-15-9-8-12(18(2,3)4)10-14(15)17(13)20/h5-10H,1-4H3,(H,19,20). The highest BCUT2D eigenvalue weighted by atomic mass is 16.1. The maximum Gasteiger partial charge on any atom is 0.197 e. The fourth-order valence-corrected chi connectivity index (χ4v) is 2.61. The van der Waals surface area contributed by atoms with Crippen LogP contribution in [0, 0.1) is 6.92 Å². The van der Waals surface area contributed by atoms with Crippen molar-refractivity contribution in [3.8, 4) is 0 Å². The van der Waals surface area contributed by atoms with Crippen molar-refractivity contribution in [1.82, 2.24) is 4.98 Å². The summed E-state index contributed by atoms with van der Waals surface area (Å²) in [7, 11) is 0. The predicted octanol–water partition coefficient (Wildman–Crippen LogP) is 4.29. The van der Waals surface area contributed by atoms with Crippen LogP contribution in [0.2, 0.25) is 0 Å². The maximum atomic E-state index is 12.7. The molecule has 0 aliphatic carbocycles. The van der Waals surface area contributed by atoms with Gasteiger partial charge in [0.1, 0.15) is 0 Å². The lowest BCUT2D eigenvalue weighted by molar-refractivity contribution is 0.591. The number of H-pyrrole nitrogens is 1. The second kappa shape index (κ2) is 4.20. The molecule has 0 amide bonds. The van der Waals surface area contributed by atoms with Gasteiger partial charge in [-0.05, 0) is 41.7 Å². The highest BCUT2D eigenvalue weighted by molar-refractivity contribution is 5.94. The molecule has 0 bridgehead atoms. The summed E-state index contributed by atoms with van der Waals surface area (Å²) in [6.07, 6.45) is 0. The smallest absolute Gasteiger partial charge is 0.197 e. The van der Waals surface area contributed by atoms with E-state index in [1.807, 2.05) is 37.3 Å². The molecule has 3 rings (SSSR count). The van der Waals surface area contributed by atoms with Gasteiger partial charge in [-0.1, -0.05) is 39.0 Å². The zero-order chi connectivity index (χ0) is 14.5. The molecule has 2 aromatic carbocycles. The van der Waals surface area contributed by atoms with Crippen LogP contribution >= 0.6 is 0 Å². The number of nitrogens with one attached hydrogen (secondary N) is 1. The molecule has 0 radical (unpaired) electrons. The van der Waals surface area contributed by atoms with Gasteiger partial charge in [0.05, 0.1) is 5.52 Å². The largest absolute Gasteiger partial charge is 0.354 e. The van der Waals surface area contributed by atoms with Crippen LogP contribution < -0.4 is 5.43 Å². The van der Waals surface area contributed by atoms with E-state index >= 15 is 0 Å². The number of hydrogen-bond acceptors (Lipinski definition) is 1. The molecule has 0 aliphatic rings. The third-order valence-electron chi connectivity index (χ3n) is 3.91. The van der Waals surface area contributed by atoms with Crippen molar-refractivity contribution in [3.05, 3.63) is 57.7 Å². The molecular formula is C18H19NO. The highest BCUT2D eigenvalue weighted by Gasteiger charge is 2.15. The molecule has 0 spiro atoms. The van der Waals surface area contributed by atoms with Crippen LogP contribution in [0.4, 0.5) is 0 Å². The van der Waals surface area contributed by atoms with Crippen molar-refractivity contribution < 1.29 is 0 Å². The number of pyridine rings is 1. The van der Waals surface area contributed by atoms with Crippen LogP contribution in [0.3, 0.4) is 0 Å². The lowest BCUT2D eigenvalue weighted by Crippen LogP contribution is -2.13. The van der Waals surface area contributed by atoms with Crippen LogP contribution in [0.5, 0.6) is 0 Å². The van der Waals surface area contributed by atoms with Crippen molar-refractivity contribution >= 4 is 21.8 Å². The van der Waals surface area contributed by atoms with Gasteiger partial charge in [-0.3, -0.25) is 4.79 Å². The number of aromatic amines is 1. The normalized spacial score (nSPS) is 12.2. The number of aromatic nitrogens is 1. The molecule has 2 heteroatoms. The molecule has 0 aliphatic heterocycles. The molecule has 102 valence electrons. The number of benzene rings is 2. The van der Waals surface area contributed by atoms with Crippen LogP contribution in [0.15, 0.2) is 41.2 Å². The number of hydrogen-bond donors (Lipinski definition) is 1. The van der Waals surface area contributed by atoms with Gasteiger partial charge < -0.3 is 4.98 Å². The van der Waals surface area contributed by atoms with Crippen molar-refractivity contribution in [2.75, 3.05) is 0 Å². The summed E-state index contributed by atoms with van der Waals surface area (Å²) in [6, 6.07) is 12.0. The Morgan fingerprint density at radius 2 is 1.75 bits per heavy atom. The molecule has 0 atom stereocenters. The molecule has 1 N–H and O–H groups in total. The number of aryl methyl sites for hydroxylation is 1. The summed E-state index contributed by atoms with van der Waals surface area (Å²) in [5.74, 6) is 0. The Kier molecular flexibility index (Phi) is 2.72. The van der Waals surface area contributed by atoms with E-state index in [1.54, 1.807) is 0 Å². The summed E-state index contributed by atoms with van der Waals surface area (Å²) in [5.41, 5.74) is 4.29. The van der Waals surface area contributed by atoms with Gasteiger partial charge >= 0.3 is 0 Å². The maximum absolute atomic E-state index is 12.7. The van der Waals surface area contributed by atoms with E-state index in [-0.39, 0.29) is 10.8 Å². The minimum absolute atomic E-state index is 0.0438. The first-order chi connectivity index (χ1) is 9.38. The lowest BCUT2D eigenvalue weighted by atomic mass is 9.86. The molecule has 2 nitrogen and oxygen atoms in total. The van der Waals surface area contributed by atoms with Gasteiger partial charge in [-0.15, -0.1) is 0 Å². The Morgan fingerprint density at radius 1 is 1.00 bits per heavy atom. The van der Waals surface area contributed by atoms with Crippen molar-refractivity contribution in [2.24, 2.45) is 0 Å². The molecular weight excluding hydrogens is 246 g/mol. The third kappa shape index (κ3) is 1.92. The van der Waals surface area contributed by atoms with Crippen LogP contribution in [-0.2, 0) is 5.41 Å². The molecule has 0 fully saturated rings. The quantitative estimate of drug-likeness (QED) is 0.604. The van der Waals surface area contributed by atoms with E-state index < -0.39 is 0 Å². The van der Waals surface area contributed by atoms with Crippen molar-refractivity contribution in [3.63, 3.8) is 0 Å². The topological polar surface area (TPSA) is 32.9 Å². The Bertz CT molecular complexity index is 866. The molecule has 0 saturated carbocycles. The van der Waals surface area contributed by atoms with Crippen LogP contribution in [-0.4, -0.2) is 4.98 Å². The Hall–Kier alpha value is -2.09. The molecule has 0 saturated heterocycles. The minimum Gasteiger partial charge on any atom is -0.354 e. The number of rotatable bonds is 0. The van der Waals surface area contributed by atoms with Crippen LogP contribution in [0.25, 0.3) is 21.8 Å². The van der Waals surface area contributed by atoms with E-state index in [1.165, 1.54) is 5.56 Å². The molecule has 1 heterocycles. The first kappa shape index (κ1) is 12.9. The fraction of sp³-hybridized carbons (Fsp3) is 0.278. The Balaban J connectivity index is 2.45. The average molecular weight is 265 g/mol. The second-order valence-electron chi connectivity index (χ2n) is 6.46. The van der Waals surface area contributed by atoms with E-state index in [0.29, 0.717) is 0 Å². The summed E-state index contributed by atoms with van der Waals surface area (Å²) in [5, 5.41) is 1.54. The third-order valence-corrected chi connectivity index (χ3v) is 3.91. The fourth-order valence-electron chi connectivity index (χ4n) is 2.61. The van der Waals surface area contributed by atoms with Crippen LogP contribution in [0.1, 0.15) is 31.9 Å². The molecule has 3 aromatic rings. The van der Waals surface area contributed by atoms with Crippen molar-refractivity contribution in [1.29, 1.82) is 0 Å². The summed E-state index contributed by atoms with van der Waals surface area (Å²) in [6.45, 7) is 8.50. The van der Waals surface area contributed by atoms with E-state index in [4.69, 9.17) is 0 Å². The van der Waals surface area contributed by atoms with Gasteiger partial charge in [0.15, 0.2) is 5.43 Å². The molecule has 0 unspecified atom stereocenters. The Morgan fingerprint density at radius 3 is 2.45 bits per heavy atom. The molecule has 1 aromatic heterocycles. The first-order valence-corrected chi connectivity index (χ1v) is 6.94. The second-order valence-corrected chi connectivity index (χ2v) is 6.46.